The number of carboxylic acids is 1. The summed E-state index contributed by atoms with van der Waals surface area (Å²) < 4.78 is 11.4. The van der Waals surface area contributed by atoms with Crippen LogP contribution in [0.25, 0.3) is 0 Å². The molecule has 1 aliphatic rings. The zero-order valence-corrected chi connectivity index (χ0v) is 10.8. The minimum absolute atomic E-state index is 0.0830. The molecule has 1 N–H and O–H groups in total. The predicted octanol–water partition coefficient (Wildman–Crippen LogP) is 2.79. The molecule has 1 aromatic carbocycles. The first kappa shape index (κ1) is 13.3. The van der Waals surface area contributed by atoms with Crippen molar-refractivity contribution in [3.8, 4) is 0 Å². The van der Waals surface area contributed by atoms with Gasteiger partial charge in [-0.3, -0.25) is 4.79 Å². The molecule has 5 heteroatoms. The Morgan fingerprint density at radius 1 is 1.61 bits per heavy atom. The minimum atomic E-state index is -0.839. The molecule has 1 aliphatic heterocycles. The van der Waals surface area contributed by atoms with Crippen molar-refractivity contribution in [3.63, 3.8) is 0 Å². The van der Waals surface area contributed by atoms with E-state index in [0.29, 0.717) is 18.1 Å². The molecule has 1 aromatic rings. The zero-order valence-electron chi connectivity index (χ0n) is 10.1. The van der Waals surface area contributed by atoms with E-state index in [1.807, 2.05) is 19.1 Å². The summed E-state index contributed by atoms with van der Waals surface area (Å²) in [5.41, 5.74) is 0.841. The van der Waals surface area contributed by atoms with Gasteiger partial charge in [-0.1, -0.05) is 23.7 Å². The van der Waals surface area contributed by atoms with Gasteiger partial charge < -0.3 is 14.6 Å². The molecule has 0 aliphatic carbocycles. The van der Waals surface area contributed by atoms with E-state index in [1.54, 1.807) is 12.1 Å². The Bertz CT molecular complexity index is 448. The van der Waals surface area contributed by atoms with E-state index in [2.05, 4.69) is 0 Å². The van der Waals surface area contributed by atoms with E-state index >= 15 is 0 Å². The number of hydrogen-bond acceptors (Lipinski definition) is 3. The minimum Gasteiger partial charge on any atom is -0.481 e. The Morgan fingerprint density at radius 3 is 3.06 bits per heavy atom. The van der Waals surface area contributed by atoms with E-state index < -0.39 is 11.8 Å². The van der Waals surface area contributed by atoms with Crippen LogP contribution in [0.15, 0.2) is 24.3 Å². The van der Waals surface area contributed by atoms with Crippen molar-refractivity contribution in [3.05, 3.63) is 34.9 Å². The van der Waals surface area contributed by atoms with Crippen LogP contribution in [0.5, 0.6) is 0 Å². The van der Waals surface area contributed by atoms with Gasteiger partial charge in [0.25, 0.3) is 0 Å². The average molecular weight is 271 g/mol. The fourth-order valence-electron chi connectivity index (χ4n) is 1.99. The van der Waals surface area contributed by atoms with E-state index in [1.165, 1.54) is 0 Å². The fraction of sp³-hybridized carbons (Fsp3) is 0.462. The Kier molecular flexibility index (Phi) is 3.90. The van der Waals surface area contributed by atoms with E-state index in [0.717, 1.165) is 5.56 Å². The largest absolute Gasteiger partial charge is 0.481 e. The maximum Gasteiger partial charge on any atom is 0.303 e. The van der Waals surface area contributed by atoms with Crippen LogP contribution in [0.1, 0.15) is 25.3 Å². The lowest BCUT2D eigenvalue weighted by molar-refractivity contribution is -0.163. The van der Waals surface area contributed by atoms with Crippen molar-refractivity contribution in [2.75, 3.05) is 6.61 Å². The van der Waals surface area contributed by atoms with Crippen LogP contribution in [-0.2, 0) is 20.1 Å². The van der Waals surface area contributed by atoms with Crippen molar-refractivity contribution in [1.29, 1.82) is 0 Å². The van der Waals surface area contributed by atoms with Gasteiger partial charge in [0.1, 0.15) is 0 Å². The molecule has 0 amide bonds. The molecule has 98 valence electrons. The molecule has 2 rings (SSSR count). The van der Waals surface area contributed by atoms with Crippen LogP contribution < -0.4 is 0 Å². The van der Waals surface area contributed by atoms with Gasteiger partial charge in [-0.15, -0.1) is 0 Å². The number of benzene rings is 1. The van der Waals surface area contributed by atoms with E-state index in [9.17, 15) is 4.79 Å². The fourth-order valence-corrected chi connectivity index (χ4v) is 2.18. The quantitative estimate of drug-likeness (QED) is 0.914. The highest BCUT2D eigenvalue weighted by Crippen LogP contribution is 2.35. The summed E-state index contributed by atoms with van der Waals surface area (Å²) in [7, 11) is 0. The highest BCUT2D eigenvalue weighted by Gasteiger charge is 2.38. The molecule has 1 fully saturated rings. The smallest absolute Gasteiger partial charge is 0.303 e. The normalized spacial score (nSPS) is 27.3. The average Bonchev–Trinajstić information content (AvgIpc) is 2.70. The number of hydrogen-bond donors (Lipinski definition) is 1. The molecule has 0 saturated carbocycles. The molecule has 2 unspecified atom stereocenters. The molecule has 1 heterocycles. The highest BCUT2D eigenvalue weighted by molar-refractivity contribution is 6.30. The Balaban J connectivity index is 2.03. The molecule has 0 aromatic heterocycles. The van der Waals surface area contributed by atoms with Crippen LogP contribution in [0.2, 0.25) is 5.02 Å². The third-order valence-electron chi connectivity index (χ3n) is 2.97. The second-order valence-corrected chi connectivity index (χ2v) is 4.88. The standard InChI is InChI=1S/C13H15ClO4/c1-13(9-3-2-4-10(14)7-9)17-8-11(18-13)5-6-12(15)16/h2-4,7,11H,5-6,8H2,1H3,(H,15,16). The van der Waals surface area contributed by atoms with Gasteiger partial charge in [0.05, 0.1) is 12.7 Å². The van der Waals surface area contributed by atoms with Crippen LogP contribution >= 0.6 is 11.6 Å². The Hall–Kier alpha value is -1.10. The number of carboxylic acid groups (broad SMARTS) is 1. The Morgan fingerprint density at radius 2 is 2.39 bits per heavy atom. The number of carbonyl (C=O) groups is 1. The summed E-state index contributed by atoms with van der Waals surface area (Å²) in [6.07, 6.45) is 0.343. The van der Waals surface area contributed by atoms with E-state index in [-0.39, 0.29) is 12.5 Å². The van der Waals surface area contributed by atoms with Gasteiger partial charge >= 0.3 is 5.97 Å². The van der Waals surface area contributed by atoms with Gasteiger partial charge in [0.15, 0.2) is 5.79 Å². The highest BCUT2D eigenvalue weighted by atomic mass is 35.5. The molecule has 0 spiro atoms. The van der Waals surface area contributed by atoms with E-state index in [4.69, 9.17) is 26.2 Å². The lowest BCUT2D eigenvalue weighted by atomic mass is 10.1. The monoisotopic (exact) mass is 270 g/mol. The summed E-state index contributed by atoms with van der Waals surface area (Å²) in [6, 6.07) is 7.29. The SMILES string of the molecule is CC1(c2cccc(Cl)c2)OCC(CCC(=O)O)O1. The molecular weight excluding hydrogens is 256 g/mol. The topological polar surface area (TPSA) is 55.8 Å². The third kappa shape index (κ3) is 3.02. The van der Waals surface area contributed by atoms with Crippen LogP contribution in [0.3, 0.4) is 0 Å². The van der Waals surface area contributed by atoms with Crippen molar-refractivity contribution in [2.45, 2.75) is 31.7 Å². The molecule has 0 bridgehead atoms. The maximum absolute atomic E-state index is 10.5. The summed E-state index contributed by atoms with van der Waals surface area (Å²) in [5.74, 6) is -1.66. The molecule has 18 heavy (non-hydrogen) atoms. The van der Waals surface area contributed by atoms with Crippen LogP contribution in [0.4, 0.5) is 0 Å². The van der Waals surface area contributed by atoms with Gasteiger partial charge in [0, 0.05) is 17.0 Å². The summed E-state index contributed by atoms with van der Waals surface area (Å²) in [5, 5.41) is 9.26. The van der Waals surface area contributed by atoms with Crippen molar-refractivity contribution >= 4 is 17.6 Å². The molecule has 2 atom stereocenters. The second kappa shape index (κ2) is 5.26. The van der Waals surface area contributed by atoms with Crippen molar-refractivity contribution < 1.29 is 19.4 Å². The number of rotatable bonds is 4. The van der Waals surface area contributed by atoms with Crippen LogP contribution in [-0.4, -0.2) is 23.8 Å². The van der Waals surface area contributed by atoms with Gasteiger partial charge in [-0.2, -0.15) is 0 Å². The third-order valence-corrected chi connectivity index (χ3v) is 3.20. The number of halogens is 1. The number of aliphatic carboxylic acids is 1. The van der Waals surface area contributed by atoms with Gasteiger partial charge in [0.2, 0.25) is 0 Å². The maximum atomic E-state index is 10.5. The number of ether oxygens (including phenoxy) is 2. The first-order valence-corrected chi connectivity index (χ1v) is 6.17. The first-order chi connectivity index (χ1) is 8.49. The lowest BCUT2D eigenvalue weighted by Gasteiger charge is -2.23. The summed E-state index contributed by atoms with van der Waals surface area (Å²) >= 11 is 5.94. The predicted molar refractivity (Wildman–Crippen MR) is 66.5 cm³/mol. The molecule has 0 radical (unpaired) electrons. The zero-order chi connectivity index (χ0) is 13.2. The van der Waals surface area contributed by atoms with Crippen molar-refractivity contribution in [1.82, 2.24) is 0 Å². The van der Waals surface area contributed by atoms with Gasteiger partial charge in [-0.25, -0.2) is 0 Å². The van der Waals surface area contributed by atoms with Gasteiger partial charge in [-0.05, 0) is 25.5 Å². The molecule has 1 saturated heterocycles. The molecule has 4 nitrogen and oxygen atoms in total. The van der Waals surface area contributed by atoms with Crippen molar-refractivity contribution in [2.24, 2.45) is 0 Å². The summed E-state index contributed by atoms with van der Waals surface area (Å²) in [4.78, 5) is 10.5. The lowest BCUT2D eigenvalue weighted by Crippen LogP contribution is -2.24. The second-order valence-electron chi connectivity index (χ2n) is 4.44. The Labute approximate surface area is 110 Å². The van der Waals surface area contributed by atoms with Crippen LogP contribution in [0, 0.1) is 0 Å². The summed E-state index contributed by atoms with van der Waals surface area (Å²) in [6.45, 7) is 2.22. The molecular formula is C13H15ClO4. The first-order valence-electron chi connectivity index (χ1n) is 5.79.